The quantitative estimate of drug-likeness (QED) is 0.0158. The summed E-state index contributed by atoms with van der Waals surface area (Å²) in [6, 6.07) is 53.3. The van der Waals surface area contributed by atoms with Gasteiger partial charge in [-0.3, -0.25) is 77.5 Å². The molecule has 12 aromatic rings. The number of aliphatic carboxylic acids is 4. The maximum absolute atomic E-state index is 14.4. The molecule has 0 fully saturated rings. The molecule has 4 aromatic heterocycles. The molecule has 8 aromatic carbocycles. The van der Waals surface area contributed by atoms with Crippen molar-refractivity contribution in [2.45, 2.75) is 170 Å². The zero-order valence-electron chi connectivity index (χ0n) is 77.4. The summed E-state index contributed by atoms with van der Waals surface area (Å²) in [7, 11) is 0. The summed E-state index contributed by atoms with van der Waals surface area (Å²) in [6.07, 6.45) is 12.5. The maximum Gasteiger partial charge on any atom is 0.303 e. The van der Waals surface area contributed by atoms with Crippen molar-refractivity contribution >= 4 is 150 Å². The zero-order chi connectivity index (χ0) is 101. The number of carbonyl (C=O) groups excluding carboxylic acids is 8. The van der Waals surface area contributed by atoms with Crippen LogP contribution in [-0.4, -0.2) is 111 Å². The van der Waals surface area contributed by atoms with Crippen molar-refractivity contribution in [1.29, 1.82) is 0 Å². The van der Waals surface area contributed by atoms with Gasteiger partial charge in [-0.15, -0.1) is 0 Å². The van der Waals surface area contributed by atoms with E-state index >= 15 is 0 Å². The van der Waals surface area contributed by atoms with Crippen molar-refractivity contribution in [3.63, 3.8) is 0 Å². The van der Waals surface area contributed by atoms with E-state index in [0.29, 0.717) is 142 Å². The number of rotatable bonds is 44. The average molecular weight is 1920 g/mol. The van der Waals surface area contributed by atoms with E-state index in [1.807, 2.05) is 27.7 Å². The molecule has 0 aliphatic rings. The Kier molecular flexibility index (Phi) is 41.4. The fourth-order valence-electron chi connectivity index (χ4n) is 13.8. The highest BCUT2D eigenvalue weighted by molar-refractivity contribution is 6.30. The first kappa shape index (κ1) is 107. The predicted octanol–water partition coefficient (Wildman–Crippen LogP) is 21.9. The number of ketones is 4. The Labute approximate surface area is 805 Å². The number of Topliss-reactive ketones (excluding diaryl/α,β-unsaturated/α-hetero) is 4. The number of carbonyl (C=O) groups is 12. The van der Waals surface area contributed by atoms with E-state index in [-0.39, 0.29) is 125 Å². The molecule has 0 bridgehead atoms. The van der Waals surface area contributed by atoms with Gasteiger partial charge in [-0.05, 0) is 238 Å². The van der Waals surface area contributed by atoms with Gasteiger partial charge in [0, 0.05) is 169 Å². The number of carboxylic acids is 4. The lowest BCUT2D eigenvalue weighted by Crippen LogP contribution is -2.16. The van der Waals surface area contributed by atoms with E-state index in [0.717, 1.165) is 54.0 Å². The molecule has 4 amide bonds. The van der Waals surface area contributed by atoms with E-state index in [9.17, 15) is 75.1 Å². The third-order valence-corrected chi connectivity index (χ3v) is 21.2. The van der Waals surface area contributed by atoms with E-state index in [1.54, 1.807) is 172 Å². The van der Waals surface area contributed by atoms with Gasteiger partial charge >= 0.3 is 23.9 Å². The van der Waals surface area contributed by atoms with E-state index in [2.05, 4.69) is 62.5 Å². The minimum Gasteiger partial charge on any atom is -0.481 e. The van der Waals surface area contributed by atoms with Crippen LogP contribution < -0.4 is 42.5 Å². The van der Waals surface area contributed by atoms with Crippen LogP contribution in [0.4, 0.5) is 85.8 Å². The second-order valence-electron chi connectivity index (χ2n) is 32.5. The first-order chi connectivity index (χ1) is 66.6. The van der Waals surface area contributed by atoms with Crippen molar-refractivity contribution < 1.29 is 95.5 Å². The number of carboxylic acid groups (broad SMARTS) is 4. The van der Waals surface area contributed by atoms with Gasteiger partial charge < -0.3 is 63.0 Å². The molecule has 0 saturated heterocycles. The second-order valence-corrected chi connectivity index (χ2v) is 32.9. The van der Waals surface area contributed by atoms with Crippen LogP contribution in [0.5, 0.6) is 0 Å². The van der Waals surface area contributed by atoms with Crippen molar-refractivity contribution in [3.8, 4) is 0 Å². The number of hydrogen-bond donors (Lipinski definition) is 12. The summed E-state index contributed by atoms with van der Waals surface area (Å²) in [6.45, 7) is 11.0. The predicted molar refractivity (Wildman–Crippen MR) is 526 cm³/mol. The topological polar surface area (TPSA) is 434 Å². The van der Waals surface area contributed by atoms with Crippen LogP contribution in [0.1, 0.15) is 202 Å². The van der Waals surface area contributed by atoms with Crippen LogP contribution in [0, 0.1) is 37.1 Å². The van der Waals surface area contributed by atoms with Gasteiger partial charge in [0.2, 0.25) is 0 Å². The highest BCUT2D eigenvalue weighted by atomic mass is 35.5. The standard InChI is InChI=1S/2C27H28FN3O4.C26H25ClFN3O4.C26H26FN3O4/c1-3-4-22(32)13-21-15-25(30-20-9-5-17(2)24(28)14-20)23(16-29-21)27(35)31-19-10-6-18(7-11-19)8-12-26(33)34;1-3-4-22(32)14-21-15-25(30-20-10-11-24(28)17(2)13-20)23(16-29-21)27(35)31-19-8-5-18(6-9-19)7-12-26(33)34;1-2-3-20(32)13-19-14-24(31-23-10-7-17(27)12-22(23)28)21(15-29-19)26(35)30-18-8-4-16(5-9-18)6-11-25(33)34;1-2-4-22(31)14-21-15-24(29-20-6-3-5-18(27)13-20)23(16-28-21)26(34)30-19-10-7-17(8-11-19)9-12-25(32)33/h5-7,9-11,14-16H,3-4,8,12-13H2,1-2H3,(H,29,30)(H,31,35)(H,33,34);5-6,8-11,13,15-16H,3-4,7,12,14H2,1-2H3,(H,29,30)(H,31,35)(H,33,34);4-5,7-10,12,14-15H,2-3,6,11,13H2,1H3,(H,29,31)(H,30,35)(H,33,34);3,5-8,10-11,13,15-16H,2,4,9,12,14H2,1H3,(H,28,29)(H,30,34)(H,32,33). The van der Waals surface area contributed by atoms with E-state index < -0.39 is 59.1 Å². The minimum absolute atomic E-state index is 0.0147. The largest absolute Gasteiger partial charge is 0.481 e. The number of benzene rings is 8. The molecular weight excluding hydrogens is 1810 g/mol. The Morgan fingerprint density at radius 1 is 0.288 bits per heavy atom. The lowest BCUT2D eigenvalue weighted by molar-refractivity contribution is -0.138. The Hall–Kier alpha value is -16.0. The number of hydrogen-bond acceptors (Lipinski definition) is 20. The lowest BCUT2D eigenvalue weighted by atomic mass is 10.1. The minimum atomic E-state index is -0.883. The van der Waals surface area contributed by atoms with Crippen molar-refractivity contribution in [2.24, 2.45) is 0 Å². The van der Waals surface area contributed by atoms with Crippen molar-refractivity contribution in [2.75, 3.05) is 42.5 Å². The molecule has 28 nitrogen and oxygen atoms in total. The van der Waals surface area contributed by atoms with Gasteiger partial charge in [0.1, 0.15) is 46.4 Å². The Bertz CT molecular complexity index is 6200. The van der Waals surface area contributed by atoms with Crippen molar-refractivity contribution in [1.82, 2.24) is 19.9 Å². The monoisotopic (exact) mass is 1910 g/mol. The maximum atomic E-state index is 14.4. The fraction of sp³-hybridized carbons (Fsp3) is 0.245. The van der Waals surface area contributed by atoms with Crippen LogP contribution in [0.15, 0.2) is 225 Å². The summed E-state index contributed by atoms with van der Waals surface area (Å²) in [4.78, 5) is 161. The van der Waals surface area contributed by atoms with E-state index in [4.69, 9.17) is 32.0 Å². The van der Waals surface area contributed by atoms with Crippen LogP contribution in [0.3, 0.4) is 0 Å². The number of halogens is 5. The molecule has 12 N–H and O–H groups in total. The molecule has 139 heavy (non-hydrogen) atoms. The van der Waals surface area contributed by atoms with Gasteiger partial charge in [-0.1, -0.05) is 100.0 Å². The Morgan fingerprint density at radius 2 is 0.583 bits per heavy atom. The molecule has 0 atom stereocenters. The molecule has 0 spiro atoms. The molecule has 0 aliphatic heterocycles. The average Bonchev–Trinajstić information content (AvgIpc) is 0.823. The molecule has 722 valence electrons. The number of amides is 4. The van der Waals surface area contributed by atoms with Crippen LogP contribution in [0.25, 0.3) is 0 Å². The molecule has 0 aliphatic carbocycles. The first-order valence-electron chi connectivity index (χ1n) is 44.9. The number of pyridine rings is 4. The highest BCUT2D eigenvalue weighted by Gasteiger charge is 2.23. The summed E-state index contributed by atoms with van der Waals surface area (Å²) >= 11 is 5.84. The van der Waals surface area contributed by atoms with Gasteiger partial charge in [-0.2, -0.15) is 0 Å². The molecule has 0 radical (unpaired) electrons. The molecule has 0 unspecified atom stereocenters. The highest BCUT2D eigenvalue weighted by Crippen LogP contribution is 2.32. The number of aryl methyl sites for hydroxylation is 6. The molecular formula is C106H107ClF4N12O16. The summed E-state index contributed by atoms with van der Waals surface area (Å²) in [5.74, 6) is -6.82. The molecule has 4 heterocycles. The normalized spacial score (nSPS) is 10.6. The number of nitrogens with zero attached hydrogens (tertiary/aromatic N) is 4. The first-order valence-corrected chi connectivity index (χ1v) is 45.3. The number of nitrogens with one attached hydrogen (secondary N) is 8. The fourth-order valence-corrected chi connectivity index (χ4v) is 13.9. The second kappa shape index (κ2) is 53.9. The SMILES string of the molecule is CCCC(=O)Cc1cc(Nc2ccc(C)c(F)c2)c(C(=O)Nc2ccc(CCC(=O)O)cc2)cn1.CCCC(=O)Cc1cc(Nc2ccc(Cl)cc2F)c(C(=O)Nc2ccc(CCC(=O)O)cc2)cn1.CCCC(=O)Cc1cc(Nc2ccc(F)c(C)c2)c(C(=O)Nc2ccc(CCC(=O)O)cc2)cn1.CCCC(=O)Cc1cc(Nc2cccc(F)c2)c(C(=O)Nc2ccc(CCC(=O)O)cc2)cn1. The molecule has 33 heteroatoms. The van der Waals surface area contributed by atoms with Crippen LogP contribution in [0.2, 0.25) is 5.02 Å². The van der Waals surface area contributed by atoms with Gasteiger partial charge in [-0.25, -0.2) is 17.6 Å². The van der Waals surface area contributed by atoms with Crippen molar-refractivity contribution in [3.05, 3.63) is 332 Å². The van der Waals surface area contributed by atoms with Gasteiger partial charge in [0.15, 0.2) is 0 Å². The van der Waals surface area contributed by atoms with Gasteiger partial charge in [0.25, 0.3) is 23.6 Å². The van der Waals surface area contributed by atoms with Crippen LogP contribution in [-0.2, 0) is 89.7 Å². The number of aromatic nitrogens is 4. The van der Waals surface area contributed by atoms with E-state index in [1.165, 1.54) is 61.2 Å². The Balaban J connectivity index is 0.000000207. The third kappa shape index (κ3) is 36.0. The third-order valence-electron chi connectivity index (χ3n) is 21.0. The summed E-state index contributed by atoms with van der Waals surface area (Å²) in [5, 5.41) is 58.9. The van der Waals surface area contributed by atoms with Gasteiger partial charge in [0.05, 0.1) is 50.7 Å². The molecule has 12 rings (SSSR count). The summed E-state index contributed by atoms with van der Waals surface area (Å²) < 4.78 is 55.9. The zero-order valence-corrected chi connectivity index (χ0v) is 78.1. The Morgan fingerprint density at radius 3 is 0.871 bits per heavy atom. The molecule has 0 saturated carbocycles. The summed E-state index contributed by atoms with van der Waals surface area (Å²) in [5.41, 5.74) is 12.5. The lowest BCUT2D eigenvalue weighted by Gasteiger charge is -2.14. The van der Waals surface area contributed by atoms with Crippen LogP contribution >= 0.6 is 11.6 Å². The smallest absolute Gasteiger partial charge is 0.303 e. The number of anilines is 12.